The summed E-state index contributed by atoms with van der Waals surface area (Å²) in [4.78, 5) is 11.9. The number of ether oxygens (including phenoxy) is 1. The Kier molecular flexibility index (Phi) is 3.97. The van der Waals surface area contributed by atoms with Crippen LogP contribution in [0.25, 0.3) is 0 Å². The first kappa shape index (κ1) is 13.0. The highest BCUT2D eigenvalue weighted by Crippen LogP contribution is 2.20. The van der Waals surface area contributed by atoms with Crippen LogP contribution < -0.4 is 5.73 Å². The number of carbonyl (C=O) groups is 1. The molecule has 1 rings (SSSR count). The van der Waals surface area contributed by atoms with E-state index < -0.39 is 5.60 Å². The first-order valence-electron chi connectivity index (χ1n) is 5.01. The number of esters is 1. The normalized spacial score (nSPS) is 11.2. The minimum atomic E-state index is -0.495. The second-order valence-electron chi connectivity index (χ2n) is 4.55. The fourth-order valence-corrected chi connectivity index (χ4v) is 1.72. The van der Waals surface area contributed by atoms with Crippen LogP contribution in [0.4, 0.5) is 5.69 Å². The molecule has 0 aromatic heterocycles. The van der Waals surface area contributed by atoms with E-state index in [1.165, 1.54) is 0 Å². The minimum absolute atomic E-state index is 0.339. The molecule has 0 unspecified atom stereocenters. The molecule has 4 heteroatoms. The van der Waals surface area contributed by atoms with E-state index in [2.05, 4.69) is 15.9 Å². The van der Waals surface area contributed by atoms with E-state index in [4.69, 9.17) is 10.5 Å². The van der Waals surface area contributed by atoms with E-state index in [-0.39, 0.29) is 5.97 Å². The summed E-state index contributed by atoms with van der Waals surface area (Å²) in [5.41, 5.74) is 7.12. The van der Waals surface area contributed by atoms with Crippen molar-refractivity contribution >= 4 is 27.6 Å². The second-order valence-corrected chi connectivity index (χ2v) is 5.11. The molecule has 0 spiro atoms. The second kappa shape index (κ2) is 4.87. The maximum Gasteiger partial charge on any atom is 0.339 e. The molecule has 16 heavy (non-hydrogen) atoms. The number of halogens is 1. The van der Waals surface area contributed by atoms with E-state index in [1.54, 1.807) is 12.1 Å². The Labute approximate surface area is 104 Å². The minimum Gasteiger partial charge on any atom is -0.456 e. The van der Waals surface area contributed by atoms with Gasteiger partial charge in [-0.3, -0.25) is 0 Å². The van der Waals surface area contributed by atoms with Gasteiger partial charge >= 0.3 is 5.97 Å². The molecule has 3 nitrogen and oxygen atoms in total. The van der Waals surface area contributed by atoms with Gasteiger partial charge in [0.25, 0.3) is 0 Å². The smallest absolute Gasteiger partial charge is 0.339 e. The predicted molar refractivity (Wildman–Crippen MR) is 68.7 cm³/mol. The first-order chi connectivity index (χ1) is 7.33. The standard InChI is InChI=1S/C12H16BrNO2/c1-12(2,3)16-11(15)10-6-9(14)5-4-8(10)7-13/h4-6H,7,14H2,1-3H3. The lowest BCUT2D eigenvalue weighted by Gasteiger charge is -2.20. The summed E-state index contributed by atoms with van der Waals surface area (Å²) >= 11 is 3.33. The van der Waals surface area contributed by atoms with Gasteiger partial charge in [0.2, 0.25) is 0 Å². The zero-order chi connectivity index (χ0) is 12.3. The molecule has 0 aliphatic carbocycles. The van der Waals surface area contributed by atoms with E-state index in [9.17, 15) is 4.79 Å². The van der Waals surface area contributed by atoms with Crippen molar-refractivity contribution in [1.29, 1.82) is 0 Å². The summed E-state index contributed by atoms with van der Waals surface area (Å²) in [5, 5.41) is 0.599. The maximum atomic E-state index is 11.9. The Morgan fingerprint density at radius 1 is 1.44 bits per heavy atom. The third kappa shape index (κ3) is 3.52. The Morgan fingerprint density at radius 2 is 2.06 bits per heavy atom. The molecule has 0 saturated carbocycles. The number of nitrogen functional groups attached to an aromatic ring is 1. The number of anilines is 1. The van der Waals surface area contributed by atoms with Crippen LogP contribution in [0.1, 0.15) is 36.7 Å². The number of nitrogens with two attached hydrogens (primary N) is 1. The van der Waals surface area contributed by atoms with Crippen molar-refractivity contribution in [1.82, 2.24) is 0 Å². The molecule has 0 aliphatic rings. The van der Waals surface area contributed by atoms with Crippen LogP contribution in [-0.4, -0.2) is 11.6 Å². The quantitative estimate of drug-likeness (QED) is 0.516. The van der Waals surface area contributed by atoms with E-state index in [0.717, 1.165) is 5.56 Å². The number of hydrogen-bond acceptors (Lipinski definition) is 3. The van der Waals surface area contributed by atoms with Crippen molar-refractivity contribution in [2.75, 3.05) is 5.73 Å². The molecule has 0 radical (unpaired) electrons. The molecule has 0 heterocycles. The SMILES string of the molecule is CC(C)(C)OC(=O)c1cc(N)ccc1CBr. The van der Waals surface area contributed by atoms with Gasteiger partial charge in [-0.25, -0.2) is 4.79 Å². The fraction of sp³-hybridized carbons (Fsp3) is 0.417. The molecule has 1 aromatic carbocycles. The Balaban J connectivity index is 3.02. The van der Waals surface area contributed by atoms with Crippen molar-refractivity contribution in [2.45, 2.75) is 31.7 Å². The average Bonchev–Trinajstić information content (AvgIpc) is 2.15. The lowest BCUT2D eigenvalue weighted by atomic mass is 10.1. The van der Waals surface area contributed by atoms with Crippen molar-refractivity contribution in [3.05, 3.63) is 29.3 Å². The Hall–Kier alpha value is -1.03. The lowest BCUT2D eigenvalue weighted by Crippen LogP contribution is -2.24. The summed E-state index contributed by atoms with van der Waals surface area (Å²) in [6.07, 6.45) is 0. The van der Waals surface area contributed by atoms with Crippen molar-refractivity contribution in [3.63, 3.8) is 0 Å². The summed E-state index contributed by atoms with van der Waals surface area (Å²) in [6.45, 7) is 5.51. The van der Waals surface area contributed by atoms with E-state index >= 15 is 0 Å². The summed E-state index contributed by atoms with van der Waals surface area (Å²) < 4.78 is 5.31. The highest BCUT2D eigenvalue weighted by molar-refractivity contribution is 9.08. The number of hydrogen-bond donors (Lipinski definition) is 1. The van der Waals surface area contributed by atoms with Gasteiger partial charge in [0.05, 0.1) is 5.56 Å². The summed E-state index contributed by atoms with van der Waals surface area (Å²) in [5.74, 6) is -0.339. The molecule has 0 amide bonds. The van der Waals surface area contributed by atoms with Gasteiger partial charge < -0.3 is 10.5 Å². The number of benzene rings is 1. The first-order valence-corrected chi connectivity index (χ1v) is 6.13. The number of rotatable bonds is 2. The highest BCUT2D eigenvalue weighted by atomic mass is 79.9. The lowest BCUT2D eigenvalue weighted by molar-refractivity contribution is 0.00687. The van der Waals surface area contributed by atoms with Gasteiger partial charge in [0.15, 0.2) is 0 Å². The van der Waals surface area contributed by atoms with Gasteiger partial charge in [0, 0.05) is 11.0 Å². The summed E-state index contributed by atoms with van der Waals surface area (Å²) in [6, 6.07) is 5.23. The van der Waals surface area contributed by atoms with E-state index in [1.807, 2.05) is 26.8 Å². The van der Waals surface area contributed by atoms with Gasteiger partial charge in [-0.2, -0.15) is 0 Å². The average molecular weight is 286 g/mol. The van der Waals surface area contributed by atoms with Crippen LogP contribution in [0.5, 0.6) is 0 Å². The Bertz CT molecular complexity index is 396. The third-order valence-corrected chi connectivity index (χ3v) is 2.50. The van der Waals surface area contributed by atoms with Crippen molar-refractivity contribution in [3.8, 4) is 0 Å². The zero-order valence-electron chi connectivity index (χ0n) is 9.71. The monoisotopic (exact) mass is 285 g/mol. The molecule has 2 N–H and O–H groups in total. The van der Waals surface area contributed by atoms with Crippen LogP contribution in [0.3, 0.4) is 0 Å². The molecular formula is C12H16BrNO2. The van der Waals surface area contributed by atoms with Crippen LogP contribution in [-0.2, 0) is 10.1 Å². The molecule has 0 atom stereocenters. The van der Waals surface area contributed by atoms with Crippen LogP contribution in [0, 0.1) is 0 Å². The van der Waals surface area contributed by atoms with Crippen molar-refractivity contribution in [2.24, 2.45) is 0 Å². The van der Waals surface area contributed by atoms with Crippen LogP contribution in [0.15, 0.2) is 18.2 Å². The molecule has 0 aliphatic heterocycles. The number of carbonyl (C=O) groups excluding carboxylic acids is 1. The van der Waals surface area contributed by atoms with Gasteiger partial charge in [-0.05, 0) is 38.5 Å². The van der Waals surface area contributed by atoms with Gasteiger partial charge in [-0.15, -0.1) is 0 Å². The largest absolute Gasteiger partial charge is 0.456 e. The molecule has 0 saturated heterocycles. The van der Waals surface area contributed by atoms with E-state index in [0.29, 0.717) is 16.6 Å². The molecular weight excluding hydrogens is 270 g/mol. The van der Waals surface area contributed by atoms with Crippen LogP contribution in [0.2, 0.25) is 0 Å². The fourth-order valence-electron chi connectivity index (χ4n) is 1.23. The van der Waals surface area contributed by atoms with Crippen LogP contribution >= 0.6 is 15.9 Å². The molecule has 0 bridgehead atoms. The topological polar surface area (TPSA) is 52.3 Å². The van der Waals surface area contributed by atoms with Gasteiger partial charge in [0.1, 0.15) is 5.60 Å². The maximum absolute atomic E-state index is 11.9. The molecule has 1 aromatic rings. The zero-order valence-corrected chi connectivity index (χ0v) is 11.3. The molecule has 0 fully saturated rings. The molecule has 88 valence electrons. The Morgan fingerprint density at radius 3 is 2.56 bits per heavy atom. The predicted octanol–water partition coefficient (Wildman–Crippen LogP) is 3.12. The summed E-state index contributed by atoms with van der Waals surface area (Å²) in [7, 11) is 0. The van der Waals surface area contributed by atoms with Crippen molar-refractivity contribution < 1.29 is 9.53 Å². The highest BCUT2D eigenvalue weighted by Gasteiger charge is 2.20. The third-order valence-electron chi connectivity index (χ3n) is 1.90. The van der Waals surface area contributed by atoms with Gasteiger partial charge in [-0.1, -0.05) is 22.0 Å². The number of alkyl halides is 1.